The molecule has 1 N–H and O–H groups in total. The van der Waals surface area contributed by atoms with Gasteiger partial charge in [-0.3, -0.25) is 0 Å². The third-order valence-corrected chi connectivity index (χ3v) is 3.27. The third kappa shape index (κ3) is 2.15. The molecule has 17 heavy (non-hydrogen) atoms. The molecule has 1 aromatic heterocycles. The van der Waals surface area contributed by atoms with Crippen LogP contribution in [0.3, 0.4) is 0 Å². The summed E-state index contributed by atoms with van der Waals surface area (Å²) in [6, 6.07) is 8.01. The van der Waals surface area contributed by atoms with Gasteiger partial charge in [-0.1, -0.05) is 12.1 Å². The van der Waals surface area contributed by atoms with E-state index in [0.717, 1.165) is 28.2 Å². The van der Waals surface area contributed by atoms with Gasteiger partial charge in [-0.15, -0.1) is 3.89 Å². The number of anilines is 1. The largest absolute Gasteiger partial charge is 0.388 e. The standard InChI is InChI=1S/C12H14FN3S/c1-8-12(9(2)16(15-8)17-13)10-4-6-11(14-3)7-5-10/h4-7,14H,1-3H3. The molecule has 0 aliphatic rings. The van der Waals surface area contributed by atoms with Crippen molar-refractivity contribution in [1.29, 1.82) is 0 Å². The molecule has 90 valence electrons. The van der Waals surface area contributed by atoms with Crippen molar-refractivity contribution in [1.82, 2.24) is 9.19 Å². The zero-order valence-electron chi connectivity index (χ0n) is 9.99. The van der Waals surface area contributed by atoms with Crippen LogP contribution in [-0.2, 0) is 0 Å². The van der Waals surface area contributed by atoms with Gasteiger partial charge in [0, 0.05) is 18.3 Å². The van der Waals surface area contributed by atoms with E-state index >= 15 is 0 Å². The summed E-state index contributed by atoms with van der Waals surface area (Å²) in [4.78, 5) is 0. The first kappa shape index (κ1) is 12.0. The minimum Gasteiger partial charge on any atom is -0.388 e. The zero-order chi connectivity index (χ0) is 12.4. The fourth-order valence-electron chi connectivity index (χ4n) is 1.91. The van der Waals surface area contributed by atoms with Gasteiger partial charge in [-0.05, 0) is 31.5 Å². The lowest BCUT2D eigenvalue weighted by Crippen LogP contribution is -1.89. The van der Waals surface area contributed by atoms with Crippen LogP contribution >= 0.6 is 12.3 Å². The van der Waals surface area contributed by atoms with E-state index < -0.39 is 0 Å². The molecule has 0 atom stereocenters. The van der Waals surface area contributed by atoms with Crippen LogP contribution in [0.15, 0.2) is 24.3 Å². The smallest absolute Gasteiger partial charge is 0.187 e. The Hall–Kier alpha value is -1.49. The molecule has 0 unspecified atom stereocenters. The molecule has 1 aromatic carbocycles. The number of nitrogens with zero attached hydrogens (tertiary/aromatic N) is 2. The lowest BCUT2D eigenvalue weighted by molar-refractivity contribution is 0.856. The third-order valence-electron chi connectivity index (χ3n) is 2.78. The molecular weight excluding hydrogens is 237 g/mol. The average Bonchev–Trinajstić information content (AvgIpc) is 2.64. The average molecular weight is 251 g/mol. The molecule has 2 aromatic rings. The van der Waals surface area contributed by atoms with E-state index in [9.17, 15) is 3.89 Å². The Labute approximate surface area is 104 Å². The summed E-state index contributed by atoms with van der Waals surface area (Å²) in [5.41, 5.74) is 4.77. The van der Waals surface area contributed by atoms with Crippen molar-refractivity contribution in [2.45, 2.75) is 13.8 Å². The highest BCUT2D eigenvalue weighted by Gasteiger charge is 2.13. The van der Waals surface area contributed by atoms with E-state index in [-0.39, 0.29) is 12.3 Å². The van der Waals surface area contributed by atoms with Crippen LogP contribution in [0.1, 0.15) is 11.4 Å². The molecule has 5 heteroatoms. The number of rotatable bonds is 3. The number of nitrogens with one attached hydrogen (secondary N) is 1. The number of halogens is 1. The van der Waals surface area contributed by atoms with E-state index in [1.807, 2.05) is 45.2 Å². The molecule has 0 saturated carbocycles. The summed E-state index contributed by atoms with van der Waals surface area (Å²) in [5.74, 6) is 0. The van der Waals surface area contributed by atoms with Crippen LogP contribution in [-0.4, -0.2) is 16.2 Å². The summed E-state index contributed by atoms with van der Waals surface area (Å²) in [5, 5.41) is 7.20. The molecule has 2 rings (SSSR count). The zero-order valence-corrected chi connectivity index (χ0v) is 10.8. The quantitative estimate of drug-likeness (QED) is 0.904. The SMILES string of the molecule is CNc1ccc(-c2c(C)nn(SF)c2C)cc1. The Morgan fingerprint density at radius 2 is 1.88 bits per heavy atom. The highest BCUT2D eigenvalue weighted by molar-refractivity contribution is 7.92. The van der Waals surface area contributed by atoms with E-state index in [0.29, 0.717) is 0 Å². The van der Waals surface area contributed by atoms with Crippen LogP contribution in [0.5, 0.6) is 0 Å². The maximum atomic E-state index is 12.6. The second-order valence-electron chi connectivity index (χ2n) is 3.82. The highest BCUT2D eigenvalue weighted by Crippen LogP contribution is 2.29. The van der Waals surface area contributed by atoms with E-state index in [1.165, 1.54) is 4.09 Å². The summed E-state index contributed by atoms with van der Waals surface area (Å²) in [6.45, 7) is 3.76. The summed E-state index contributed by atoms with van der Waals surface area (Å²) in [6.07, 6.45) is 0. The molecule has 0 aliphatic carbocycles. The monoisotopic (exact) mass is 251 g/mol. The van der Waals surface area contributed by atoms with Gasteiger partial charge in [0.05, 0.1) is 11.4 Å². The maximum Gasteiger partial charge on any atom is 0.187 e. The Morgan fingerprint density at radius 1 is 1.24 bits per heavy atom. The van der Waals surface area contributed by atoms with Crippen molar-refractivity contribution in [2.24, 2.45) is 0 Å². The number of hydrogen-bond donors (Lipinski definition) is 1. The Morgan fingerprint density at radius 3 is 2.35 bits per heavy atom. The van der Waals surface area contributed by atoms with E-state index in [4.69, 9.17) is 0 Å². The number of benzene rings is 1. The molecule has 0 aliphatic heterocycles. The fourth-order valence-corrected chi connectivity index (χ4v) is 2.26. The molecule has 1 heterocycles. The number of aromatic nitrogens is 2. The van der Waals surface area contributed by atoms with Crippen LogP contribution in [0.25, 0.3) is 11.1 Å². The minimum absolute atomic E-state index is 0.126. The van der Waals surface area contributed by atoms with Crippen molar-refractivity contribution in [3.05, 3.63) is 35.7 Å². The Kier molecular flexibility index (Phi) is 3.38. The molecular formula is C12H14FN3S. The van der Waals surface area contributed by atoms with Crippen molar-refractivity contribution in [3.8, 4) is 11.1 Å². The lowest BCUT2D eigenvalue weighted by atomic mass is 10.0. The topological polar surface area (TPSA) is 29.9 Å². The second-order valence-corrected chi connectivity index (χ2v) is 4.30. The van der Waals surface area contributed by atoms with Gasteiger partial charge in [0.15, 0.2) is 12.3 Å². The maximum absolute atomic E-state index is 12.6. The minimum atomic E-state index is 0.126. The van der Waals surface area contributed by atoms with Gasteiger partial charge in [-0.25, -0.2) is 0 Å². The van der Waals surface area contributed by atoms with Crippen LogP contribution in [0.2, 0.25) is 0 Å². The first-order valence-electron chi connectivity index (χ1n) is 5.31. The fraction of sp³-hybridized carbons (Fsp3) is 0.250. The van der Waals surface area contributed by atoms with Crippen molar-refractivity contribution in [2.75, 3.05) is 12.4 Å². The van der Waals surface area contributed by atoms with E-state index in [1.54, 1.807) is 0 Å². The molecule has 0 fully saturated rings. The normalized spacial score (nSPS) is 10.6. The molecule has 0 spiro atoms. The van der Waals surface area contributed by atoms with E-state index in [2.05, 4.69) is 10.4 Å². The Balaban J connectivity index is 2.48. The summed E-state index contributed by atoms with van der Waals surface area (Å²) in [7, 11) is 1.88. The second kappa shape index (κ2) is 4.79. The lowest BCUT2D eigenvalue weighted by Gasteiger charge is -2.04. The molecule has 3 nitrogen and oxygen atoms in total. The van der Waals surface area contributed by atoms with Crippen LogP contribution < -0.4 is 5.32 Å². The number of aryl methyl sites for hydroxylation is 1. The predicted molar refractivity (Wildman–Crippen MR) is 70.8 cm³/mol. The molecule has 0 saturated heterocycles. The Bertz CT molecular complexity index is 519. The first-order valence-corrected chi connectivity index (χ1v) is 5.98. The number of hydrogen-bond acceptors (Lipinski definition) is 3. The van der Waals surface area contributed by atoms with Crippen LogP contribution in [0.4, 0.5) is 9.57 Å². The van der Waals surface area contributed by atoms with Gasteiger partial charge in [0.25, 0.3) is 0 Å². The van der Waals surface area contributed by atoms with Gasteiger partial charge in [0.1, 0.15) is 0 Å². The van der Waals surface area contributed by atoms with Gasteiger partial charge >= 0.3 is 0 Å². The van der Waals surface area contributed by atoms with Crippen molar-refractivity contribution >= 4 is 18.0 Å². The molecule has 0 bridgehead atoms. The molecule has 0 amide bonds. The van der Waals surface area contributed by atoms with Crippen LogP contribution in [0, 0.1) is 13.8 Å². The molecule has 0 radical (unpaired) electrons. The van der Waals surface area contributed by atoms with Crippen molar-refractivity contribution < 1.29 is 3.89 Å². The summed E-state index contributed by atoms with van der Waals surface area (Å²) < 4.78 is 13.9. The van der Waals surface area contributed by atoms with Gasteiger partial charge in [-0.2, -0.15) is 9.19 Å². The van der Waals surface area contributed by atoms with Crippen molar-refractivity contribution in [3.63, 3.8) is 0 Å². The highest BCUT2D eigenvalue weighted by atomic mass is 32.2. The predicted octanol–water partition coefficient (Wildman–Crippen LogP) is 3.59. The summed E-state index contributed by atoms with van der Waals surface area (Å²) >= 11 is 0.126. The van der Waals surface area contributed by atoms with Gasteiger partial charge in [0.2, 0.25) is 0 Å². The first-order chi connectivity index (χ1) is 8.17. The van der Waals surface area contributed by atoms with Gasteiger partial charge < -0.3 is 5.32 Å².